The van der Waals surface area contributed by atoms with Crippen molar-refractivity contribution in [3.8, 4) is 0 Å². The molecule has 2 unspecified atom stereocenters. The highest BCUT2D eigenvalue weighted by molar-refractivity contribution is 5.45. The van der Waals surface area contributed by atoms with Crippen LogP contribution in [0, 0.1) is 5.92 Å². The number of rotatable bonds is 1. The molecule has 0 saturated carbocycles. The predicted octanol–water partition coefficient (Wildman–Crippen LogP) is 0.754. The highest BCUT2D eigenvalue weighted by Gasteiger charge is 2.28. The molecule has 2 aromatic rings. The van der Waals surface area contributed by atoms with Crippen LogP contribution in [0.4, 0.5) is 5.82 Å². The molecule has 0 spiro atoms. The minimum atomic E-state index is 0.529. The molecule has 2 aromatic heterocycles. The van der Waals surface area contributed by atoms with E-state index in [4.69, 9.17) is 0 Å². The maximum Gasteiger partial charge on any atom is 0.200 e. The van der Waals surface area contributed by atoms with Crippen molar-refractivity contribution in [3.63, 3.8) is 0 Å². The summed E-state index contributed by atoms with van der Waals surface area (Å²) >= 11 is 0. The molecule has 3 rings (SSSR count). The molecule has 1 saturated heterocycles. The van der Waals surface area contributed by atoms with E-state index in [0.717, 1.165) is 12.4 Å². The van der Waals surface area contributed by atoms with Gasteiger partial charge in [0, 0.05) is 12.6 Å². The SMILES string of the molecule is CC1CCN(c2ccc3nnnn3n2)C1C. The Morgan fingerprint density at radius 1 is 1.31 bits per heavy atom. The molecule has 0 bridgehead atoms. The van der Waals surface area contributed by atoms with Gasteiger partial charge in [-0.25, -0.2) is 0 Å². The number of hydrogen-bond donors (Lipinski definition) is 0. The van der Waals surface area contributed by atoms with E-state index in [0.29, 0.717) is 17.6 Å². The Labute approximate surface area is 93.2 Å². The van der Waals surface area contributed by atoms with Crippen LogP contribution in [0.5, 0.6) is 0 Å². The van der Waals surface area contributed by atoms with Crippen LogP contribution in [0.15, 0.2) is 12.1 Å². The van der Waals surface area contributed by atoms with E-state index in [1.165, 1.54) is 11.1 Å². The lowest BCUT2D eigenvalue weighted by Crippen LogP contribution is -2.30. The average molecular weight is 218 g/mol. The van der Waals surface area contributed by atoms with Crippen LogP contribution in [0.3, 0.4) is 0 Å². The monoisotopic (exact) mass is 218 g/mol. The lowest BCUT2D eigenvalue weighted by Gasteiger charge is -2.23. The highest BCUT2D eigenvalue weighted by Crippen LogP contribution is 2.27. The zero-order valence-electron chi connectivity index (χ0n) is 9.41. The maximum absolute atomic E-state index is 4.41. The third kappa shape index (κ3) is 1.33. The van der Waals surface area contributed by atoms with Crippen molar-refractivity contribution in [1.29, 1.82) is 0 Å². The van der Waals surface area contributed by atoms with Crippen molar-refractivity contribution in [2.24, 2.45) is 5.92 Å². The van der Waals surface area contributed by atoms with Crippen LogP contribution in [0.2, 0.25) is 0 Å². The number of fused-ring (bicyclic) bond motifs is 1. The summed E-state index contributed by atoms with van der Waals surface area (Å²) in [4.78, 5) is 2.31. The van der Waals surface area contributed by atoms with E-state index >= 15 is 0 Å². The van der Waals surface area contributed by atoms with Crippen LogP contribution >= 0.6 is 0 Å². The number of hydrogen-bond acceptors (Lipinski definition) is 5. The van der Waals surface area contributed by atoms with Crippen LogP contribution in [-0.2, 0) is 0 Å². The average Bonchev–Trinajstić information content (AvgIpc) is 2.86. The quantitative estimate of drug-likeness (QED) is 0.707. The molecule has 0 N–H and O–H groups in total. The molecule has 0 radical (unpaired) electrons. The van der Waals surface area contributed by atoms with E-state index in [1.807, 2.05) is 12.1 Å². The first-order valence-corrected chi connectivity index (χ1v) is 5.58. The second-order valence-electron chi connectivity index (χ2n) is 4.42. The summed E-state index contributed by atoms with van der Waals surface area (Å²) in [6.45, 7) is 5.58. The minimum absolute atomic E-state index is 0.529. The summed E-state index contributed by atoms with van der Waals surface area (Å²) in [6, 6.07) is 4.42. The summed E-state index contributed by atoms with van der Waals surface area (Å²) in [7, 11) is 0. The van der Waals surface area contributed by atoms with E-state index in [2.05, 4.69) is 39.4 Å². The molecule has 0 amide bonds. The smallest absolute Gasteiger partial charge is 0.200 e. The fourth-order valence-corrected chi connectivity index (χ4v) is 2.21. The third-order valence-electron chi connectivity index (χ3n) is 3.49. The molecule has 3 heterocycles. The van der Waals surface area contributed by atoms with Gasteiger partial charge in [-0.1, -0.05) is 6.92 Å². The van der Waals surface area contributed by atoms with Gasteiger partial charge in [-0.15, -0.1) is 14.8 Å². The predicted molar refractivity (Wildman–Crippen MR) is 59.2 cm³/mol. The van der Waals surface area contributed by atoms with Crippen molar-refractivity contribution >= 4 is 11.5 Å². The van der Waals surface area contributed by atoms with Crippen molar-refractivity contribution in [2.45, 2.75) is 26.3 Å². The molecule has 0 aromatic carbocycles. The Kier molecular flexibility index (Phi) is 2.02. The second kappa shape index (κ2) is 3.40. The fraction of sp³-hybridized carbons (Fsp3) is 0.600. The molecule has 84 valence electrons. The molecule has 1 aliphatic heterocycles. The van der Waals surface area contributed by atoms with Crippen molar-refractivity contribution in [1.82, 2.24) is 25.3 Å². The minimum Gasteiger partial charge on any atom is -0.352 e. The molecular weight excluding hydrogens is 204 g/mol. The molecule has 1 fully saturated rings. The van der Waals surface area contributed by atoms with E-state index in [1.54, 1.807) is 0 Å². The maximum atomic E-state index is 4.41. The first kappa shape index (κ1) is 9.50. The van der Waals surface area contributed by atoms with Gasteiger partial charge in [0.05, 0.1) is 0 Å². The lowest BCUT2D eigenvalue weighted by molar-refractivity contribution is 0.542. The largest absolute Gasteiger partial charge is 0.352 e. The Bertz CT molecular complexity index is 507. The summed E-state index contributed by atoms with van der Waals surface area (Å²) < 4.78 is 1.48. The van der Waals surface area contributed by atoms with E-state index < -0.39 is 0 Å². The van der Waals surface area contributed by atoms with Gasteiger partial charge in [-0.3, -0.25) is 0 Å². The molecule has 2 atom stereocenters. The van der Waals surface area contributed by atoms with Crippen molar-refractivity contribution in [2.75, 3.05) is 11.4 Å². The number of nitrogens with zero attached hydrogens (tertiary/aromatic N) is 6. The van der Waals surface area contributed by atoms with Gasteiger partial charge in [0.2, 0.25) is 0 Å². The summed E-state index contributed by atoms with van der Waals surface area (Å²) in [6.07, 6.45) is 1.22. The van der Waals surface area contributed by atoms with Crippen LogP contribution in [0.25, 0.3) is 5.65 Å². The van der Waals surface area contributed by atoms with Gasteiger partial charge >= 0.3 is 0 Å². The number of aromatic nitrogens is 5. The van der Waals surface area contributed by atoms with E-state index in [-0.39, 0.29) is 0 Å². The zero-order chi connectivity index (χ0) is 11.1. The zero-order valence-corrected chi connectivity index (χ0v) is 9.41. The fourth-order valence-electron chi connectivity index (χ4n) is 2.21. The Morgan fingerprint density at radius 3 is 2.94 bits per heavy atom. The summed E-state index contributed by atoms with van der Waals surface area (Å²) in [5.74, 6) is 1.67. The van der Waals surface area contributed by atoms with Gasteiger partial charge in [-0.05, 0) is 41.8 Å². The Balaban J connectivity index is 1.99. The van der Waals surface area contributed by atoms with Gasteiger partial charge in [0.1, 0.15) is 0 Å². The lowest BCUT2D eigenvalue weighted by atomic mass is 10.1. The van der Waals surface area contributed by atoms with Crippen LogP contribution in [0.1, 0.15) is 20.3 Å². The van der Waals surface area contributed by atoms with Crippen LogP contribution < -0.4 is 4.90 Å². The van der Waals surface area contributed by atoms with Crippen molar-refractivity contribution < 1.29 is 0 Å². The van der Waals surface area contributed by atoms with Crippen LogP contribution in [-0.4, -0.2) is 37.8 Å². The van der Waals surface area contributed by atoms with Gasteiger partial charge in [-0.2, -0.15) is 0 Å². The Morgan fingerprint density at radius 2 is 2.19 bits per heavy atom. The second-order valence-corrected chi connectivity index (χ2v) is 4.42. The standard InChI is InChI=1S/C10H14N6/c1-7-5-6-15(8(7)2)10-4-3-9-11-13-14-16(9)12-10/h3-4,7-8H,5-6H2,1-2H3. The first-order chi connectivity index (χ1) is 7.75. The summed E-state index contributed by atoms with van der Waals surface area (Å²) in [5.41, 5.74) is 0.684. The molecule has 0 aliphatic carbocycles. The van der Waals surface area contributed by atoms with Gasteiger partial charge in [0.15, 0.2) is 11.5 Å². The van der Waals surface area contributed by atoms with Crippen molar-refractivity contribution in [3.05, 3.63) is 12.1 Å². The summed E-state index contributed by atoms with van der Waals surface area (Å²) in [5, 5.41) is 15.6. The molecular formula is C10H14N6. The highest BCUT2D eigenvalue weighted by atomic mass is 15.6. The number of tetrazole rings is 1. The first-order valence-electron chi connectivity index (χ1n) is 5.58. The normalized spacial score (nSPS) is 25.5. The topological polar surface area (TPSA) is 59.2 Å². The molecule has 1 aliphatic rings. The number of anilines is 1. The van der Waals surface area contributed by atoms with E-state index in [9.17, 15) is 0 Å². The van der Waals surface area contributed by atoms with Gasteiger partial charge in [0.25, 0.3) is 0 Å². The third-order valence-corrected chi connectivity index (χ3v) is 3.49. The Hall–Kier alpha value is -1.72. The van der Waals surface area contributed by atoms with Gasteiger partial charge < -0.3 is 4.90 Å². The molecule has 16 heavy (non-hydrogen) atoms. The molecule has 6 nitrogen and oxygen atoms in total. The molecule has 6 heteroatoms.